The number of hydrogen-bond donors (Lipinski definition) is 0. The lowest BCUT2D eigenvalue weighted by Crippen LogP contribution is -2.04. The van der Waals surface area contributed by atoms with Gasteiger partial charge in [-0.15, -0.1) is 0 Å². The molecule has 0 bridgehead atoms. The summed E-state index contributed by atoms with van der Waals surface area (Å²) in [7, 11) is 0. The van der Waals surface area contributed by atoms with Gasteiger partial charge in [0.15, 0.2) is 17.5 Å². The molecule has 0 unspecified atom stereocenters. The first-order valence-electron chi connectivity index (χ1n) is 24.7. The molecule has 3 aromatic heterocycles. The molecular weight excluding hydrogens is 875 g/mol. The Balaban J connectivity index is 1.12. The number of hydrogen-bond acceptors (Lipinski definition) is 3. The maximum atomic E-state index is 5.43. The molecule has 72 heavy (non-hydrogen) atoms. The molecule has 5 heteroatoms. The van der Waals surface area contributed by atoms with Crippen LogP contribution in [0, 0.1) is 27.7 Å². The van der Waals surface area contributed by atoms with Crippen LogP contribution in [-0.2, 0) is 0 Å². The van der Waals surface area contributed by atoms with Crippen LogP contribution < -0.4 is 0 Å². The largest absolute Gasteiger partial charge is 0.309 e. The quantitative estimate of drug-likeness (QED) is 0.153. The lowest BCUT2D eigenvalue weighted by molar-refractivity contribution is 1.06. The van der Waals surface area contributed by atoms with Crippen molar-refractivity contribution in [3.8, 4) is 78.9 Å². The van der Waals surface area contributed by atoms with Gasteiger partial charge < -0.3 is 9.13 Å². The van der Waals surface area contributed by atoms with Crippen molar-refractivity contribution in [3.05, 3.63) is 247 Å². The third kappa shape index (κ3) is 7.37. The van der Waals surface area contributed by atoms with Crippen LogP contribution in [-0.4, -0.2) is 24.1 Å². The first-order valence-corrected chi connectivity index (χ1v) is 24.7. The summed E-state index contributed by atoms with van der Waals surface area (Å²) in [6.45, 7) is 8.73. The maximum absolute atomic E-state index is 5.43. The average Bonchev–Trinajstić information content (AvgIpc) is 3.93. The first-order chi connectivity index (χ1) is 35.3. The van der Waals surface area contributed by atoms with E-state index in [1.54, 1.807) is 0 Å². The number of aromatic nitrogens is 5. The number of benzene rings is 10. The highest BCUT2D eigenvalue weighted by Gasteiger charge is 2.23. The molecule has 13 aromatic rings. The van der Waals surface area contributed by atoms with Crippen LogP contribution in [0.15, 0.2) is 224 Å². The number of aryl methyl sites for hydroxylation is 4. The van der Waals surface area contributed by atoms with Crippen molar-refractivity contribution in [1.82, 2.24) is 24.1 Å². The Kier molecular flexibility index (Phi) is 10.3. The molecule has 0 saturated heterocycles. The highest BCUT2D eigenvalue weighted by molar-refractivity contribution is 6.12. The Labute approximate surface area is 419 Å². The SMILES string of the molecule is Cc1ccc(-c2ccc3c4ccc(-c5ccc(C)cc5C)cc4n(-c4ccc(-c5ccc6c7ccccc7n(-c7ccccc7)c6c5)cc4-c4nc(-c5ccccc5)nc(-c5ccccc5)n4)c3c2)c(C)c1. The number of rotatable bonds is 8. The Morgan fingerprint density at radius 1 is 0.278 bits per heavy atom. The van der Waals surface area contributed by atoms with Gasteiger partial charge in [-0.25, -0.2) is 15.0 Å². The van der Waals surface area contributed by atoms with Crippen molar-refractivity contribution < 1.29 is 0 Å². The number of fused-ring (bicyclic) bond motifs is 6. The van der Waals surface area contributed by atoms with E-state index in [2.05, 4.69) is 225 Å². The minimum absolute atomic E-state index is 0.588. The van der Waals surface area contributed by atoms with Gasteiger partial charge in [0.25, 0.3) is 0 Å². The minimum atomic E-state index is 0.588. The van der Waals surface area contributed by atoms with E-state index < -0.39 is 0 Å². The molecule has 13 rings (SSSR count). The van der Waals surface area contributed by atoms with E-state index >= 15 is 0 Å². The topological polar surface area (TPSA) is 48.5 Å². The monoisotopic (exact) mass is 923 g/mol. The molecular formula is C67H49N5. The van der Waals surface area contributed by atoms with Gasteiger partial charge in [-0.1, -0.05) is 187 Å². The van der Waals surface area contributed by atoms with E-state index in [0.29, 0.717) is 17.5 Å². The van der Waals surface area contributed by atoms with Crippen molar-refractivity contribution in [2.24, 2.45) is 0 Å². The van der Waals surface area contributed by atoms with E-state index in [1.165, 1.54) is 60.4 Å². The number of para-hydroxylation sites is 2. The molecule has 5 nitrogen and oxygen atoms in total. The summed E-state index contributed by atoms with van der Waals surface area (Å²) in [6, 6.07) is 81.0. The van der Waals surface area contributed by atoms with E-state index in [0.717, 1.165) is 66.9 Å². The van der Waals surface area contributed by atoms with Crippen molar-refractivity contribution in [2.45, 2.75) is 27.7 Å². The summed E-state index contributed by atoms with van der Waals surface area (Å²) in [6.07, 6.45) is 0. The molecule has 0 fully saturated rings. The summed E-state index contributed by atoms with van der Waals surface area (Å²) < 4.78 is 4.83. The van der Waals surface area contributed by atoms with Crippen molar-refractivity contribution in [2.75, 3.05) is 0 Å². The van der Waals surface area contributed by atoms with Crippen molar-refractivity contribution in [1.29, 1.82) is 0 Å². The Morgan fingerprint density at radius 3 is 1.26 bits per heavy atom. The van der Waals surface area contributed by atoms with Crippen LogP contribution in [0.1, 0.15) is 22.3 Å². The lowest BCUT2D eigenvalue weighted by atomic mass is 9.96. The van der Waals surface area contributed by atoms with E-state index in [9.17, 15) is 0 Å². The third-order valence-corrected chi connectivity index (χ3v) is 14.4. The van der Waals surface area contributed by atoms with Crippen molar-refractivity contribution in [3.63, 3.8) is 0 Å². The third-order valence-electron chi connectivity index (χ3n) is 14.4. The van der Waals surface area contributed by atoms with Gasteiger partial charge in [0.05, 0.1) is 27.8 Å². The molecule has 3 heterocycles. The Hall–Kier alpha value is -9.19. The lowest BCUT2D eigenvalue weighted by Gasteiger charge is -2.17. The molecule has 0 atom stereocenters. The van der Waals surface area contributed by atoms with E-state index in [-0.39, 0.29) is 0 Å². The molecule has 342 valence electrons. The molecule has 0 N–H and O–H groups in total. The summed E-state index contributed by atoms with van der Waals surface area (Å²) in [5.41, 5.74) is 21.2. The molecule has 0 aliphatic heterocycles. The first kappa shape index (κ1) is 42.9. The Morgan fingerprint density at radius 2 is 0.708 bits per heavy atom. The summed E-state index contributed by atoms with van der Waals surface area (Å²) in [4.78, 5) is 16.0. The second kappa shape index (κ2) is 17.3. The second-order valence-electron chi connectivity index (χ2n) is 19.1. The van der Waals surface area contributed by atoms with Gasteiger partial charge in [-0.2, -0.15) is 0 Å². The molecule has 0 spiro atoms. The zero-order chi connectivity index (χ0) is 48.5. The fraction of sp³-hybridized carbons (Fsp3) is 0.0597. The molecule has 0 radical (unpaired) electrons. The van der Waals surface area contributed by atoms with Crippen LogP contribution >= 0.6 is 0 Å². The van der Waals surface area contributed by atoms with Gasteiger partial charge in [-0.3, -0.25) is 0 Å². The highest BCUT2D eigenvalue weighted by atomic mass is 15.1. The zero-order valence-electron chi connectivity index (χ0n) is 40.6. The standard InChI is InChI=1S/C67H49N5/c1-42-24-30-53(44(3)36-42)50-27-33-57-58-34-28-51(54-31-25-43(2)37-45(54)4)41-64(58)72(63(57)40-50)61-35-29-48(49-26-32-56-55-22-14-15-23-60(55)71(62(56)39-49)52-20-12-7-13-21-52)38-59(61)67-69-65(46-16-8-5-9-17-46)68-66(70-67)47-18-10-6-11-19-47/h5-41H,1-4H3. The van der Waals surface area contributed by atoms with E-state index in [4.69, 9.17) is 15.0 Å². The Bertz CT molecular complexity index is 4070. The smallest absolute Gasteiger partial charge is 0.166 e. The van der Waals surface area contributed by atoms with Crippen LogP contribution in [0.2, 0.25) is 0 Å². The normalized spacial score (nSPS) is 11.6. The fourth-order valence-electron chi connectivity index (χ4n) is 10.9. The highest BCUT2D eigenvalue weighted by Crippen LogP contribution is 2.43. The van der Waals surface area contributed by atoms with Gasteiger partial charge in [0, 0.05) is 43.9 Å². The van der Waals surface area contributed by atoms with E-state index in [1.807, 2.05) is 36.4 Å². The summed E-state index contributed by atoms with van der Waals surface area (Å²) in [5, 5.41) is 4.77. The predicted octanol–water partition coefficient (Wildman–Crippen LogP) is 17.3. The van der Waals surface area contributed by atoms with Crippen LogP contribution in [0.25, 0.3) is 123 Å². The van der Waals surface area contributed by atoms with Gasteiger partial charge in [-0.05, 0) is 121 Å². The second-order valence-corrected chi connectivity index (χ2v) is 19.1. The van der Waals surface area contributed by atoms with Gasteiger partial charge >= 0.3 is 0 Å². The van der Waals surface area contributed by atoms with Gasteiger partial charge in [0.1, 0.15) is 0 Å². The summed E-state index contributed by atoms with van der Waals surface area (Å²) in [5.74, 6) is 1.81. The average molecular weight is 924 g/mol. The maximum Gasteiger partial charge on any atom is 0.166 e. The fourth-order valence-corrected chi connectivity index (χ4v) is 10.9. The van der Waals surface area contributed by atoms with Crippen LogP contribution in [0.4, 0.5) is 0 Å². The van der Waals surface area contributed by atoms with Gasteiger partial charge in [0.2, 0.25) is 0 Å². The molecule has 0 saturated carbocycles. The molecule has 0 aliphatic carbocycles. The predicted molar refractivity (Wildman–Crippen MR) is 300 cm³/mol. The molecule has 0 amide bonds. The van der Waals surface area contributed by atoms with Crippen molar-refractivity contribution >= 4 is 43.6 Å². The minimum Gasteiger partial charge on any atom is -0.309 e. The molecule has 0 aliphatic rings. The van der Waals surface area contributed by atoms with Crippen LogP contribution in [0.3, 0.4) is 0 Å². The zero-order valence-corrected chi connectivity index (χ0v) is 40.6. The molecule has 10 aromatic carbocycles. The number of nitrogens with zero attached hydrogens (tertiary/aromatic N) is 5. The summed E-state index contributed by atoms with van der Waals surface area (Å²) >= 11 is 0. The van der Waals surface area contributed by atoms with Crippen LogP contribution in [0.5, 0.6) is 0 Å².